The molecule has 0 aliphatic rings. The fraction of sp³-hybridized carbons (Fsp3) is 0.385. The zero-order chi connectivity index (χ0) is 13.2. The molecule has 0 fully saturated rings. The van der Waals surface area contributed by atoms with E-state index in [0.717, 1.165) is 10.9 Å². The van der Waals surface area contributed by atoms with Crippen LogP contribution >= 0.6 is 0 Å². The first-order valence-corrected chi connectivity index (χ1v) is 5.75. The molecule has 0 aliphatic carbocycles. The van der Waals surface area contributed by atoms with E-state index in [-0.39, 0.29) is 0 Å². The lowest BCUT2D eigenvalue weighted by atomic mass is 9.98. The highest BCUT2D eigenvalue weighted by Crippen LogP contribution is 2.25. The van der Waals surface area contributed by atoms with Crippen molar-refractivity contribution in [1.82, 2.24) is 9.78 Å². The molecule has 0 spiro atoms. The van der Waals surface area contributed by atoms with Gasteiger partial charge in [0, 0.05) is 25.5 Å². The van der Waals surface area contributed by atoms with Crippen LogP contribution < -0.4 is 0 Å². The predicted octanol–water partition coefficient (Wildman–Crippen LogP) is 1.87. The smallest absolute Gasteiger partial charge is 0.331 e. The molecule has 5 nitrogen and oxygen atoms in total. The van der Waals surface area contributed by atoms with Crippen LogP contribution in [0.5, 0.6) is 0 Å². The number of nitrogens with zero attached hydrogens (tertiary/aromatic N) is 2. The second-order valence-corrected chi connectivity index (χ2v) is 4.44. The van der Waals surface area contributed by atoms with Crippen LogP contribution in [0.1, 0.15) is 13.3 Å². The lowest BCUT2D eigenvalue weighted by Gasteiger charge is -2.26. The molecular formula is C13H16N2O3. The second-order valence-electron chi connectivity index (χ2n) is 4.44. The third kappa shape index (κ3) is 1.97. The van der Waals surface area contributed by atoms with Crippen molar-refractivity contribution < 1.29 is 14.6 Å². The Labute approximate surface area is 105 Å². The molecule has 1 unspecified atom stereocenters. The number of benzene rings is 1. The Bertz CT molecular complexity index is 564. The fourth-order valence-corrected chi connectivity index (χ4v) is 1.97. The number of carbonyl (C=O) groups is 1. The molecule has 0 aliphatic heterocycles. The molecule has 1 aromatic heterocycles. The van der Waals surface area contributed by atoms with Crippen LogP contribution in [0, 0.1) is 0 Å². The summed E-state index contributed by atoms with van der Waals surface area (Å²) in [5, 5.41) is 14.6. The van der Waals surface area contributed by atoms with Crippen LogP contribution in [0.3, 0.4) is 0 Å². The number of hydrogen-bond donors (Lipinski definition) is 1. The van der Waals surface area contributed by atoms with E-state index in [4.69, 9.17) is 4.74 Å². The predicted molar refractivity (Wildman–Crippen MR) is 67.5 cm³/mol. The molecule has 2 aromatic rings. The summed E-state index contributed by atoms with van der Waals surface area (Å²) in [5.74, 6) is -0.909. The minimum atomic E-state index is -1.10. The largest absolute Gasteiger partial charge is 0.479 e. The summed E-state index contributed by atoms with van der Waals surface area (Å²) in [7, 11) is 1.56. The molecule has 0 amide bonds. The third-order valence-corrected chi connectivity index (χ3v) is 3.20. The van der Waals surface area contributed by atoms with Gasteiger partial charge in [-0.3, -0.25) is 0 Å². The van der Waals surface area contributed by atoms with Crippen LogP contribution in [-0.4, -0.2) is 34.6 Å². The standard InChI is InChI=1S/C13H16N2O3/c1-13(12(16)17,7-8-18-2)15-11-6-4-3-5-10(11)9-14-15/h3-6,9H,7-8H2,1-2H3,(H,16,17). The Balaban J connectivity index is 2.51. The number of carboxylic acids is 1. The van der Waals surface area contributed by atoms with Gasteiger partial charge < -0.3 is 9.84 Å². The summed E-state index contributed by atoms with van der Waals surface area (Å²) in [5.41, 5.74) is -0.280. The van der Waals surface area contributed by atoms with Crippen molar-refractivity contribution in [2.75, 3.05) is 13.7 Å². The molecular weight excluding hydrogens is 232 g/mol. The van der Waals surface area contributed by atoms with E-state index < -0.39 is 11.5 Å². The van der Waals surface area contributed by atoms with Crippen molar-refractivity contribution in [3.63, 3.8) is 0 Å². The first-order valence-electron chi connectivity index (χ1n) is 5.75. The van der Waals surface area contributed by atoms with Crippen molar-refractivity contribution in [2.24, 2.45) is 0 Å². The first-order chi connectivity index (χ1) is 8.59. The van der Waals surface area contributed by atoms with Crippen LogP contribution in [0.2, 0.25) is 0 Å². The highest BCUT2D eigenvalue weighted by atomic mass is 16.5. The van der Waals surface area contributed by atoms with Crippen molar-refractivity contribution in [3.05, 3.63) is 30.5 Å². The molecule has 18 heavy (non-hydrogen) atoms. The molecule has 5 heteroatoms. The average Bonchev–Trinajstić information content (AvgIpc) is 2.80. The quantitative estimate of drug-likeness (QED) is 0.877. The average molecular weight is 248 g/mol. The monoisotopic (exact) mass is 248 g/mol. The maximum absolute atomic E-state index is 11.6. The summed E-state index contributed by atoms with van der Waals surface area (Å²) >= 11 is 0. The first kappa shape index (κ1) is 12.6. The van der Waals surface area contributed by atoms with E-state index in [1.165, 1.54) is 0 Å². The highest BCUT2D eigenvalue weighted by molar-refractivity contribution is 5.83. The molecule has 0 saturated carbocycles. The van der Waals surface area contributed by atoms with Crippen LogP contribution in [-0.2, 0) is 15.1 Å². The summed E-state index contributed by atoms with van der Waals surface area (Å²) < 4.78 is 6.55. The number of fused-ring (bicyclic) bond motifs is 1. The summed E-state index contributed by atoms with van der Waals surface area (Å²) in [6.07, 6.45) is 2.05. The topological polar surface area (TPSA) is 64.3 Å². The van der Waals surface area contributed by atoms with Crippen LogP contribution in [0.25, 0.3) is 10.9 Å². The van der Waals surface area contributed by atoms with Gasteiger partial charge >= 0.3 is 5.97 Å². The Morgan fingerprint density at radius 1 is 1.50 bits per heavy atom. The zero-order valence-electron chi connectivity index (χ0n) is 10.5. The van der Waals surface area contributed by atoms with Crippen molar-refractivity contribution in [3.8, 4) is 0 Å². The number of methoxy groups -OCH3 is 1. The third-order valence-electron chi connectivity index (χ3n) is 3.20. The second kappa shape index (κ2) is 4.78. The van der Waals surface area contributed by atoms with Crippen molar-refractivity contribution in [2.45, 2.75) is 18.9 Å². The van der Waals surface area contributed by atoms with Gasteiger partial charge in [-0.1, -0.05) is 18.2 Å². The summed E-state index contributed by atoms with van der Waals surface area (Å²) in [6.45, 7) is 2.03. The van der Waals surface area contributed by atoms with E-state index in [9.17, 15) is 9.90 Å². The van der Waals surface area contributed by atoms with Gasteiger partial charge in [-0.2, -0.15) is 5.10 Å². The zero-order valence-corrected chi connectivity index (χ0v) is 10.5. The molecule has 2 rings (SSSR count). The van der Waals surface area contributed by atoms with E-state index in [1.807, 2.05) is 24.3 Å². The number of carboxylic acid groups (broad SMARTS) is 1. The minimum Gasteiger partial charge on any atom is -0.479 e. The SMILES string of the molecule is COCCC(C)(C(=O)O)n1ncc2ccccc21. The van der Waals surface area contributed by atoms with Gasteiger partial charge in [-0.15, -0.1) is 0 Å². The summed E-state index contributed by atoms with van der Waals surface area (Å²) in [4.78, 5) is 11.6. The molecule has 1 heterocycles. The van der Waals surface area contributed by atoms with Gasteiger partial charge in [0.1, 0.15) is 0 Å². The molecule has 96 valence electrons. The van der Waals surface area contributed by atoms with Crippen LogP contribution in [0.15, 0.2) is 30.5 Å². The van der Waals surface area contributed by atoms with E-state index in [2.05, 4.69) is 5.10 Å². The van der Waals surface area contributed by atoms with Gasteiger partial charge in [-0.05, 0) is 13.0 Å². The normalized spacial score (nSPS) is 14.6. The highest BCUT2D eigenvalue weighted by Gasteiger charge is 2.36. The van der Waals surface area contributed by atoms with Crippen molar-refractivity contribution in [1.29, 1.82) is 0 Å². The number of ether oxygens (including phenoxy) is 1. The van der Waals surface area contributed by atoms with Gasteiger partial charge in [-0.25, -0.2) is 9.48 Å². The molecule has 1 N–H and O–H groups in total. The Morgan fingerprint density at radius 3 is 2.89 bits per heavy atom. The van der Waals surface area contributed by atoms with E-state index in [0.29, 0.717) is 13.0 Å². The Hall–Kier alpha value is -1.88. The maximum Gasteiger partial charge on any atom is 0.331 e. The molecule has 0 radical (unpaired) electrons. The molecule has 0 bridgehead atoms. The molecule has 1 atom stereocenters. The van der Waals surface area contributed by atoms with E-state index in [1.54, 1.807) is 24.9 Å². The van der Waals surface area contributed by atoms with Gasteiger partial charge in [0.15, 0.2) is 5.54 Å². The van der Waals surface area contributed by atoms with Gasteiger partial charge in [0.05, 0.1) is 11.7 Å². The summed E-state index contributed by atoms with van der Waals surface area (Å²) in [6, 6.07) is 7.56. The Morgan fingerprint density at radius 2 is 2.22 bits per heavy atom. The molecule has 1 aromatic carbocycles. The van der Waals surface area contributed by atoms with E-state index >= 15 is 0 Å². The number of aliphatic carboxylic acids is 1. The van der Waals surface area contributed by atoms with Crippen LogP contribution in [0.4, 0.5) is 0 Å². The Kier molecular flexibility index (Phi) is 3.34. The number of rotatable bonds is 5. The molecule has 0 saturated heterocycles. The van der Waals surface area contributed by atoms with Crippen molar-refractivity contribution >= 4 is 16.9 Å². The van der Waals surface area contributed by atoms with Gasteiger partial charge in [0.25, 0.3) is 0 Å². The number of aromatic nitrogens is 2. The number of hydrogen-bond acceptors (Lipinski definition) is 3. The lowest BCUT2D eigenvalue weighted by Crippen LogP contribution is -2.40. The number of para-hydroxylation sites is 1. The fourth-order valence-electron chi connectivity index (χ4n) is 1.97. The maximum atomic E-state index is 11.6. The minimum absolute atomic E-state index is 0.366. The van der Waals surface area contributed by atoms with Gasteiger partial charge in [0.2, 0.25) is 0 Å². The lowest BCUT2D eigenvalue weighted by molar-refractivity contribution is -0.148.